The molecule has 2 rings (SSSR count). The third-order valence-electron chi connectivity index (χ3n) is 3.94. The van der Waals surface area contributed by atoms with Gasteiger partial charge in [-0.1, -0.05) is 55.8 Å². The molecule has 0 aliphatic heterocycles. The molecule has 4 nitrogen and oxygen atoms in total. The molecule has 0 radical (unpaired) electrons. The van der Waals surface area contributed by atoms with Crippen molar-refractivity contribution in [2.45, 2.75) is 32.1 Å². The van der Waals surface area contributed by atoms with Gasteiger partial charge in [0, 0.05) is 0 Å². The van der Waals surface area contributed by atoms with E-state index < -0.39 is 11.9 Å². The molecule has 0 aliphatic carbocycles. The number of aromatic carboxylic acids is 2. The topological polar surface area (TPSA) is 74.6 Å². The number of benzene rings is 2. The summed E-state index contributed by atoms with van der Waals surface area (Å²) in [5.74, 6) is -2.42. The van der Waals surface area contributed by atoms with E-state index in [4.69, 9.17) is 0 Å². The summed E-state index contributed by atoms with van der Waals surface area (Å²) in [5.41, 5.74) is 1.48. The zero-order chi connectivity index (χ0) is 16.8. The molecule has 0 bridgehead atoms. The van der Waals surface area contributed by atoms with Crippen molar-refractivity contribution in [2.24, 2.45) is 0 Å². The average molecular weight is 312 g/mol. The first-order valence-corrected chi connectivity index (χ1v) is 7.68. The molecule has 2 N–H and O–H groups in total. The molecule has 4 heteroatoms. The maximum Gasteiger partial charge on any atom is 0.336 e. The predicted octanol–water partition coefficient (Wildman–Crippen LogP) is 4.21. The minimum Gasteiger partial charge on any atom is -0.478 e. The van der Waals surface area contributed by atoms with Gasteiger partial charge in [-0.05, 0) is 36.0 Å². The van der Waals surface area contributed by atoms with E-state index >= 15 is 0 Å². The first kappa shape index (κ1) is 16.7. The second kappa shape index (κ2) is 7.58. The summed E-state index contributed by atoms with van der Waals surface area (Å²) in [6, 6.07) is 14.5. The van der Waals surface area contributed by atoms with Gasteiger partial charge in [0.05, 0.1) is 11.1 Å². The lowest BCUT2D eigenvalue weighted by Gasteiger charge is -2.20. The van der Waals surface area contributed by atoms with Crippen molar-refractivity contribution in [1.82, 2.24) is 0 Å². The molecular weight excluding hydrogens is 292 g/mol. The number of hydrogen-bond donors (Lipinski definition) is 2. The second-order valence-electron chi connectivity index (χ2n) is 5.56. The van der Waals surface area contributed by atoms with Gasteiger partial charge in [0.15, 0.2) is 0 Å². The van der Waals surface area contributed by atoms with Crippen molar-refractivity contribution < 1.29 is 19.8 Å². The fraction of sp³-hybridized carbons (Fsp3) is 0.263. The van der Waals surface area contributed by atoms with E-state index in [0.29, 0.717) is 12.0 Å². The van der Waals surface area contributed by atoms with Crippen molar-refractivity contribution in [1.29, 1.82) is 0 Å². The Kier molecular flexibility index (Phi) is 5.52. The maximum atomic E-state index is 11.6. The molecular formula is C19H20O4. The Morgan fingerprint density at radius 1 is 0.957 bits per heavy atom. The third-order valence-corrected chi connectivity index (χ3v) is 3.94. The molecule has 1 atom stereocenters. The highest BCUT2D eigenvalue weighted by Crippen LogP contribution is 2.30. The molecule has 0 fully saturated rings. The van der Waals surface area contributed by atoms with Crippen LogP contribution in [0.2, 0.25) is 0 Å². The Hall–Kier alpha value is -2.62. The van der Waals surface area contributed by atoms with Crippen LogP contribution in [0, 0.1) is 0 Å². The van der Waals surface area contributed by atoms with Crippen LogP contribution < -0.4 is 0 Å². The first-order chi connectivity index (χ1) is 11.0. The monoisotopic (exact) mass is 312 g/mol. The minimum absolute atomic E-state index is 0.0206. The maximum absolute atomic E-state index is 11.6. The van der Waals surface area contributed by atoms with Gasteiger partial charge < -0.3 is 10.2 Å². The SMILES string of the molecule is CCCC(Cc1ccccc1)c1cccc(C(=O)O)c1C(=O)O. The van der Waals surface area contributed by atoms with E-state index in [-0.39, 0.29) is 17.0 Å². The van der Waals surface area contributed by atoms with Gasteiger partial charge in [-0.15, -0.1) is 0 Å². The molecule has 0 saturated heterocycles. The smallest absolute Gasteiger partial charge is 0.336 e. The molecule has 2 aromatic carbocycles. The minimum atomic E-state index is -1.21. The van der Waals surface area contributed by atoms with Gasteiger partial charge in [-0.25, -0.2) is 9.59 Å². The van der Waals surface area contributed by atoms with Crippen molar-refractivity contribution in [3.8, 4) is 0 Å². The molecule has 0 saturated carbocycles. The summed E-state index contributed by atoms with van der Waals surface area (Å²) in [6.07, 6.45) is 2.39. The fourth-order valence-electron chi connectivity index (χ4n) is 2.94. The van der Waals surface area contributed by atoms with Crippen LogP contribution in [0.15, 0.2) is 48.5 Å². The van der Waals surface area contributed by atoms with Crippen molar-refractivity contribution in [2.75, 3.05) is 0 Å². The van der Waals surface area contributed by atoms with Crippen LogP contribution in [0.1, 0.15) is 57.5 Å². The quantitative estimate of drug-likeness (QED) is 0.803. The van der Waals surface area contributed by atoms with Crippen LogP contribution in [-0.4, -0.2) is 22.2 Å². The van der Waals surface area contributed by atoms with Gasteiger partial charge in [-0.3, -0.25) is 0 Å². The normalized spacial score (nSPS) is 11.9. The Labute approximate surface area is 135 Å². The predicted molar refractivity (Wildman–Crippen MR) is 88.2 cm³/mol. The van der Waals surface area contributed by atoms with Gasteiger partial charge in [0.25, 0.3) is 0 Å². The highest BCUT2D eigenvalue weighted by molar-refractivity contribution is 6.02. The van der Waals surface area contributed by atoms with Crippen molar-refractivity contribution in [3.05, 3.63) is 70.8 Å². The highest BCUT2D eigenvalue weighted by Gasteiger charge is 2.24. The molecule has 0 spiro atoms. The van der Waals surface area contributed by atoms with Crippen LogP contribution in [0.5, 0.6) is 0 Å². The summed E-state index contributed by atoms with van der Waals surface area (Å²) < 4.78 is 0. The average Bonchev–Trinajstić information content (AvgIpc) is 2.54. The summed E-state index contributed by atoms with van der Waals surface area (Å²) in [7, 11) is 0. The third kappa shape index (κ3) is 3.97. The Morgan fingerprint density at radius 2 is 1.65 bits per heavy atom. The fourth-order valence-corrected chi connectivity index (χ4v) is 2.94. The molecule has 0 aliphatic rings. The summed E-state index contributed by atoms with van der Waals surface area (Å²) in [5, 5.41) is 18.8. The van der Waals surface area contributed by atoms with Crippen molar-refractivity contribution in [3.63, 3.8) is 0 Å². The molecule has 0 aromatic heterocycles. The van der Waals surface area contributed by atoms with Gasteiger partial charge in [0.2, 0.25) is 0 Å². The number of carbonyl (C=O) groups is 2. The van der Waals surface area contributed by atoms with E-state index in [9.17, 15) is 19.8 Å². The molecule has 120 valence electrons. The number of carboxylic acid groups (broad SMARTS) is 2. The first-order valence-electron chi connectivity index (χ1n) is 7.68. The van der Waals surface area contributed by atoms with E-state index in [1.165, 1.54) is 6.07 Å². The van der Waals surface area contributed by atoms with E-state index in [1.807, 2.05) is 37.3 Å². The van der Waals surface area contributed by atoms with Gasteiger partial charge in [-0.2, -0.15) is 0 Å². The Morgan fingerprint density at radius 3 is 2.22 bits per heavy atom. The largest absolute Gasteiger partial charge is 0.478 e. The molecule has 2 aromatic rings. The molecule has 0 heterocycles. The molecule has 1 unspecified atom stereocenters. The van der Waals surface area contributed by atoms with E-state index in [2.05, 4.69) is 0 Å². The van der Waals surface area contributed by atoms with E-state index in [0.717, 1.165) is 18.4 Å². The molecule has 0 amide bonds. The standard InChI is InChI=1S/C19H20O4/c1-2-7-14(12-13-8-4-3-5-9-13)15-10-6-11-16(18(20)21)17(15)19(22)23/h3-6,8-11,14H,2,7,12H2,1H3,(H,20,21)(H,22,23). The van der Waals surface area contributed by atoms with Crippen LogP contribution in [0.25, 0.3) is 0 Å². The zero-order valence-electron chi connectivity index (χ0n) is 13.0. The van der Waals surface area contributed by atoms with E-state index in [1.54, 1.807) is 12.1 Å². The van der Waals surface area contributed by atoms with Crippen LogP contribution in [-0.2, 0) is 6.42 Å². The summed E-state index contributed by atoms with van der Waals surface area (Å²) in [6.45, 7) is 2.04. The lowest BCUT2D eigenvalue weighted by Crippen LogP contribution is -2.15. The van der Waals surface area contributed by atoms with Crippen molar-refractivity contribution >= 4 is 11.9 Å². The van der Waals surface area contributed by atoms with Crippen LogP contribution in [0.4, 0.5) is 0 Å². The van der Waals surface area contributed by atoms with Gasteiger partial charge in [0.1, 0.15) is 0 Å². The Bertz CT molecular complexity index is 692. The lowest BCUT2D eigenvalue weighted by atomic mass is 9.84. The molecule has 23 heavy (non-hydrogen) atoms. The summed E-state index contributed by atoms with van der Waals surface area (Å²) in [4.78, 5) is 23.0. The van der Waals surface area contributed by atoms with Gasteiger partial charge >= 0.3 is 11.9 Å². The number of hydrogen-bond acceptors (Lipinski definition) is 2. The summed E-state index contributed by atoms with van der Waals surface area (Å²) >= 11 is 0. The lowest BCUT2D eigenvalue weighted by molar-refractivity contribution is 0.0650. The highest BCUT2D eigenvalue weighted by atomic mass is 16.4. The zero-order valence-corrected chi connectivity index (χ0v) is 13.0. The number of carboxylic acids is 2. The van der Waals surface area contributed by atoms with Crippen LogP contribution >= 0.6 is 0 Å². The van der Waals surface area contributed by atoms with Crippen LogP contribution in [0.3, 0.4) is 0 Å². The number of rotatable bonds is 7. The Balaban J connectivity index is 2.48. The second-order valence-corrected chi connectivity index (χ2v) is 5.56.